The molecule has 3 aromatic carbocycles. The molecule has 35 heavy (non-hydrogen) atoms. The van der Waals surface area contributed by atoms with Crippen molar-refractivity contribution < 1.29 is 31.0 Å². The monoisotopic (exact) mass is 516 g/mol. The Hall–Kier alpha value is -3.42. The van der Waals surface area contributed by atoms with Crippen LogP contribution < -0.4 is 9.64 Å². The molecule has 7 heteroatoms. The summed E-state index contributed by atoms with van der Waals surface area (Å²) < 4.78 is 19.0. The normalized spacial score (nSPS) is 18.6. The first-order valence-electron chi connectivity index (χ1n) is 11.2. The second-order valence-corrected chi connectivity index (χ2v) is 8.37. The van der Waals surface area contributed by atoms with Crippen molar-refractivity contribution in [2.24, 2.45) is 10.2 Å². The fourth-order valence-corrected chi connectivity index (χ4v) is 4.53. The third kappa shape index (κ3) is 5.47. The summed E-state index contributed by atoms with van der Waals surface area (Å²) in [7, 11) is 1.66. The minimum atomic E-state index is -0.408. The van der Waals surface area contributed by atoms with Crippen LogP contribution in [0.25, 0.3) is 0 Å². The van der Waals surface area contributed by atoms with Gasteiger partial charge in [-0.15, -0.1) is 5.10 Å². The predicted octanol–water partition coefficient (Wildman–Crippen LogP) is 6.05. The second kappa shape index (κ2) is 11.3. The third-order valence-corrected chi connectivity index (χ3v) is 6.22. The van der Waals surface area contributed by atoms with Crippen molar-refractivity contribution in [3.05, 3.63) is 107 Å². The van der Waals surface area contributed by atoms with Gasteiger partial charge < -0.3 is 14.7 Å². The maximum Gasteiger partial charge on any atom is 0.238 e. The maximum absolute atomic E-state index is 13.5. The Kier molecular flexibility index (Phi) is 8.48. The minimum absolute atomic E-state index is 0. The summed E-state index contributed by atoms with van der Waals surface area (Å²) >= 11 is 0. The second-order valence-electron chi connectivity index (χ2n) is 8.37. The van der Waals surface area contributed by atoms with Crippen LogP contribution in [0.2, 0.25) is 0 Å². The van der Waals surface area contributed by atoms with Crippen molar-refractivity contribution in [3.8, 4) is 5.75 Å². The Morgan fingerprint density at radius 1 is 1.09 bits per heavy atom. The number of rotatable bonds is 7. The fourth-order valence-electron chi connectivity index (χ4n) is 4.53. The van der Waals surface area contributed by atoms with E-state index in [-0.39, 0.29) is 28.5 Å². The number of fused-ring (bicyclic) bond motifs is 1. The third-order valence-electron chi connectivity index (χ3n) is 6.22. The van der Waals surface area contributed by atoms with E-state index in [0.29, 0.717) is 12.0 Å². The standard InChI is InChI=1S/C28H28FN3O2.Co/c1-4-32-25-15-14-23(34-3)18-24(25)28(2,19-20-10-12-22(29)13-11-20)26(32)16-17-30-31-27(33)21-8-6-5-7-9-21;/h5-18H,4,19H2,1-3H3,(H,31,33);/b26-16-,30-17+;. The number of aliphatic hydroxyl groups excluding tert-OH is 1. The molecule has 1 atom stereocenters. The van der Waals surface area contributed by atoms with Crippen LogP contribution in [0.15, 0.2) is 94.8 Å². The van der Waals surface area contributed by atoms with Crippen LogP contribution >= 0.6 is 0 Å². The van der Waals surface area contributed by atoms with Gasteiger partial charge in [-0.2, -0.15) is 5.10 Å². The van der Waals surface area contributed by atoms with Gasteiger partial charge in [-0.1, -0.05) is 30.3 Å². The maximum atomic E-state index is 13.5. The summed E-state index contributed by atoms with van der Waals surface area (Å²) in [6.07, 6.45) is 4.20. The van der Waals surface area contributed by atoms with Crippen LogP contribution in [0.4, 0.5) is 10.1 Å². The number of benzene rings is 3. The van der Waals surface area contributed by atoms with Gasteiger partial charge in [0.25, 0.3) is 0 Å². The van der Waals surface area contributed by atoms with Crippen molar-refractivity contribution in [2.75, 3.05) is 18.6 Å². The van der Waals surface area contributed by atoms with Crippen molar-refractivity contribution in [3.63, 3.8) is 0 Å². The molecule has 0 fully saturated rings. The van der Waals surface area contributed by atoms with Gasteiger partial charge in [0.1, 0.15) is 11.6 Å². The molecule has 1 unspecified atom stereocenters. The van der Waals surface area contributed by atoms with E-state index in [0.717, 1.165) is 34.8 Å². The molecule has 1 radical (unpaired) electrons. The van der Waals surface area contributed by atoms with E-state index in [4.69, 9.17) is 4.74 Å². The Bertz CT molecular complexity index is 1240. The molecular formula is C28H28CoFN3O2. The van der Waals surface area contributed by atoms with Gasteiger partial charge in [0.05, 0.1) is 13.3 Å². The van der Waals surface area contributed by atoms with E-state index in [1.54, 1.807) is 25.5 Å². The van der Waals surface area contributed by atoms with Crippen molar-refractivity contribution in [1.82, 2.24) is 0 Å². The van der Waals surface area contributed by atoms with E-state index < -0.39 is 5.41 Å². The fraction of sp³-hybridized carbons (Fsp3) is 0.214. The summed E-state index contributed by atoms with van der Waals surface area (Å²) in [6.45, 7) is 5.03. The van der Waals surface area contributed by atoms with Gasteiger partial charge in [-0.05, 0) is 79.9 Å². The quantitative estimate of drug-likeness (QED) is 0.237. The number of hydrogen-bond donors (Lipinski definition) is 1. The topological polar surface area (TPSA) is 57.4 Å². The van der Waals surface area contributed by atoms with Crippen LogP contribution in [0.3, 0.4) is 0 Å². The van der Waals surface area contributed by atoms with Crippen LogP contribution in [0.5, 0.6) is 5.75 Å². The Labute approximate surface area is 215 Å². The van der Waals surface area contributed by atoms with E-state index >= 15 is 0 Å². The van der Waals surface area contributed by atoms with Crippen molar-refractivity contribution in [2.45, 2.75) is 25.7 Å². The number of anilines is 1. The molecule has 0 aliphatic carbocycles. The molecule has 0 saturated heterocycles. The SMILES string of the molecule is CCN1\C(=C/C=N/N=C(\O)c2ccccc2)C(C)(Cc2ccc(F)cc2)c2cc(OC)ccc21.[Co]. The summed E-state index contributed by atoms with van der Waals surface area (Å²) in [6, 6.07) is 21.8. The number of halogens is 1. The molecule has 1 aliphatic rings. The Morgan fingerprint density at radius 2 is 1.80 bits per heavy atom. The number of nitrogens with zero attached hydrogens (tertiary/aromatic N) is 3. The first-order valence-corrected chi connectivity index (χ1v) is 11.2. The van der Waals surface area contributed by atoms with Crippen LogP contribution in [0, 0.1) is 5.82 Å². The molecule has 1 aliphatic heterocycles. The number of likely N-dealkylation sites (N-methyl/N-ethyl adjacent to an activating group) is 1. The van der Waals surface area contributed by atoms with Crippen molar-refractivity contribution in [1.29, 1.82) is 0 Å². The largest absolute Gasteiger partial charge is 0.497 e. The number of allylic oxidation sites excluding steroid dienone is 2. The predicted molar refractivity (Wildman–Crippen MR) is 136 cm³/mol. The van der Waals surface area contributed by atoms with Gasteiger partial charge in [0.2, 0.25) is 5.90 Å². The molecule has 1 N–H and O–H groups in total. The average Bonchev–Trinajstić information content (AvgIpc) is 3.10. The summed E-state index contributed by atoms with van der Waals surface area (Å²) in [5.41, 5.74) is 4.49. The molecule has 4 rings (SSSR count). The number of aliphatic hydroxyl groups is 1. The van der Waals surface area contributed by atoms with E-state index in [1.165, 1.54) is 12.1 Å². The van der Waals surface area contributed by atoms with E-state index in [1.807, 2.05) is 42.5 Å². The molecule has 3 aromatic rings. The zero-order valence-electron chi connectivity index (χ0n) is 19.9. The van der Waals surface area contributed by atoms with Gasteiger partial charge >= 0.3 is 0 Å². The molecule has 5 nitrogen and oxygen atoms in total. The molecule has 1 heterocycles. The van der Waals surface area contributed by atoms with E-state index in [9.17, 15) is 9.50 Å². The molecule has 0 bridgehead atoms. The Morgan fingerprint density at radius 3 is 2.46 bits per heavy atom. The smallest absolute Gasteiger partial charge is 0.238 e. The molecule has 183 valence electrons. The zero-order valence-corrected chi connectivity index (χ0v) is 20.9. The molecule has 0 saturated carbocycles. The van der Waals surface area contributed by atoms with Gasteiger partial charge in [0, 0.05) is 45.7 Å². The summed E-state index contributed by atoms with van der Waals surface area (Å²) in [5.74, 6) is 0.389. The Balaban J connectivity index is 0.00000342. The average molecular weight is 516 g/mol. The molecule has 0 spiro atoms. The van der Waals surface area contributed by atoms with Gasteiger partial charge in [0.15, 0.2) is 0 Å². The molecule has 0 aromatic heterocycles. The summed E-state index contributed by atoms with van der Waals surface area (Å²) in [4.78, 5) is 2.24. The van der Waals surface area contributed by atoms with Gasteiger partial charge in [-0.3, -0.25) is 0 Å². The molecule has 0 amide bonds. The first-order chi connectivity index (χ1) is 16.5. The van der Waals surface area contributed by atoms with Crippen LogP contribution in [0.1, 0.15) is 30.5 Å². The number of methoxy groups -OCH3 is 1. The first kappa shape index (κ1) is 26.2. The van der Waals surface area contributed by atoms with Gasteiger partial charge in [-0.25, -0.2) is 4.39 Å². The zero-order chi connectivity index (χ0) is 24.1. The summed E-state index contributed by atoms with van der Waals surface area (Å²) in [5, 5.41) is 18.2. The number of hydrogen-bond acceptors (Lipinski definition) is 4. The van der Waals surface area contributed by atoms with Crippen LogP contribution in [-0.4, -0.2) is 30.9 Å². The van der Waals surface area contributed by atoms with E-state index in [2.05, 4.69) is 41.1 Å². The number of ether oxygens (including phenoxy) is 1. The molecular weight excluding hydrogens is 488 g/mol. The minimum Gasteiger partial charge on any atom is -0.497 e. The van der Waals surface area contributed by atoms with Crippen molar-refractivity contribution >= 4 is 17.8 Å². The van der Waals surface area contributed by atoms with Crippen LogP contribution in [-0.2, 0) is 28.6 Å².